The number of rotatable bonds is 6. The lowest BCUT2D eigenvalue weighted by Crippen LogP contribution is -2.46. The number of phenols is 1. The van der Waals surface area contributed by atoms with Crippen molar-refractivity contribution in [2.24, 2.45) is 7.05 Å². The van der Waals surface area contributed by atoms with E-state index in [1.54, 1.807) is 6.07 Å². The molecule has 2 rings (SSSR count). The van der Waals surface area contributed by atoms with Gasteiger partial charge in [-0.2, -0.15) is 13.2 Å². The molecular formula is C17H20F3N3O3. The van der Waals surface area contributed by atoms with E-state index in [9.17, 15) is 28.2 Å². The average Bonchev–Trinajstić information content (AvgIpc) is 3.00. The second-order valence-corrected chi connectivity index (χ2v) is 5.93. The normalized spacial score (nSPS) is 14.1. The molecular weight excluding hydrogens is 351 g/mol. The molecule has 6 nitrogen and oxygen atoms in total. The number of aromatic nitrogens is 2. The van der Waals surface area contributed by atoms with Crippen LogP contribution in [0.1, 0.15) is 35.1 Å². The molecule has 0 spiro atoms. The van der Waals surface area contributed by atoms with Crippen molar-refractivity contribution < 1.29 is 28.2 Å². The first kappa shape index (κ1) is 19.8. The largest absolute Gasteiger partial charge is 0.507 e. The van der Waals surface area contributed by atoms with Crippen molar-refractivity contribution in [2.45, 2.75) is 31.5 Å². The first-order valence-electron chi connectivity index (χ1n) is 7.97. The van der Waals surface area contributed by atoms with Crippen molar-refractivity contribution >= 4 is 5.91 Å². The smallest absolute Gasteiger partial charge is 0.424 e. The molecule has 0 aliphatic carbocycles. The number of aromatic hydroxyl groups is 1. The van der Waals surface area contributed by atoms with Gasteiger partial charge in [0.15, 0.2) is 0 Å². The minimum atomic E-state index is -4.97. The molecule has 3 N–H and O–H groups in total. The van der Waals surface area contributed by atoms with Gasteiger partial charge in [0.05, 0.1) is 5.56 Å². The Morgan fingerprint density at radius 3 is 2.58 bits per heavy atom. The maximum atomic E-state index is 13.4. The van der Waals surface area contributed by atoms with Crippen LogP contribution in [-0.4, -0.2) is 38.4 Å². The molecule has 142 valence electrons. The number of hydrogen-bond donors (Lipinski definition) is 3. The topological polar surface area (TPSA) is 87.4 Å². The van der Waals surface area contributed by atoms with Crippen LogP contribution < -0.4 is 5.32 Å². The van der Waals surface area contributed by atoms with E-state index in [2.05, 4.69) is 10.3 Å². The summed E-state index contributed by atoms with van der Waals surface area (Å²) < 4.78 is 41.3. The number of phenolic OH excluding ortho intramolecular Hbond substituents is 1. The minimum Gasteiger partial charge on any atom is -0.507 e. The Hall–Kier alpha value is -2.55. The summed E-state index contributed by atoms with van der Waals surface area (Å²) in [5, 5.41) is 22.3. The van der Waals surface area contributed by atoms with Crippen LogP contribution in [0.4, 0.5) is 13.2 Å². The van der Waals surface area contributed by atoms with Gasteiger partial charge in [0.25, 0.3) is 5.91 Å². The van der Waals surface area contributed by atoms with E-state index in [-0.39, 0.29) is 11.3 Å². The predicted octanol–water partition coefficient (Wildman–Crippen LogP) is 2.26. The summed E-state index contributed by atoms with van der Waals surface area (Å²) in [7, 11) is 1.34. The number of imidazole rings is 1. The van der Waals surface area contributed by atoms with Gasteiger partial charge in [0.2, 0.25) is 5.60 Å². The van der Waals surface area contributed by atoms with Crippen LogP contribution in [0.5, 0.6) is 5.75 Å². The molecule has 0 radical (unpaired) electrons. The number of alkyl halides is 3. The van der Waals surface area contributed by atoms with E-state index in [0.29, 0.717) is 6.42 Å². The van der Waals surface area contributed by atoms with Crippen LogP contribution in [0.25, 0.3) is 0 Å². The van der Waals surface area contributed by atoms with Crippen molar-refractivity contribution in [3.63, 3.8) is 0 Å². The number of carbonyl (C=O) groups excluding carboxylic acids is 1. The van der Waals surface area contributed by atoms with E-state index in [4.69, 9.17) is 0 Å². The first-order valence-corrected chi connectivity index (χ1v) is 7.97. The SMILES string of the molecule is CCc1ccc(O)c(C(=O)NCCC(O)(c2nccn2C)C(F)(F)F)c1. The lowest BCUT2D eigenvalue weighted by atomic mass is 9.97. The number of hydrogen-bond acceptors (Lipinski definition) is 4. The standard InChI is InChI=1S/C17H20F3N3O3/c1-3-11-4-5-13(24)12(10-11)14(25)21-7-6-16(26,17(18,19)20)15-22-8-9-23(15)2/h4-5,8-10,24,26H,3,6-7H2,1-2H3,(H,21,25). The zero-order valence-electron chi connectivity index (χ0n) is 14.3. The summed E-state index contributed by atoms with van der Waals surface area (Å²) in [4.78, 5) is 15.8. The number of aryl methyl sites for hydroxylation is 2. The molecule has 1 aromatic carbocycles. The molecule has 9 heteroatoms. The van der Waals surface area contributed by atoms with Gasteiger partial charge in [-0.25, -0.2) is 4.98 Å². The van der Waals surface area contributed by atoms with Crippen molar-refractivity contribution in [1.82, 2.24) is 14.9 Å². The van der Waals surface area contributed by atoms with Crippen LogP contribution in [0.3, 0.4) is 0 Å². The van der Waals surface area contributed by atoms with Crippen molar-refractivity contribution in [3.8, 4) is 5.75 Å². The number of benzene rings is 1. The highest BCUT2D eigenvalue weighted by Gasteiger charge is 2.57. The maximum Gasteiger partial charge on any atom is 0.424 e. The van der Waals surface area contributed by atoms with Gasteiger partial charge < -0.3 is 20.1 Å². The van der Waals surface area contributed by atoms with Crippen molar-refractivity contribution in [3.05, 3.63) is 47.5 Å². The number of amides is 1. The first-order chi connectivity index (χ1) is 12.1. The highest BCUT2D eigenvalue weighted by atomic mass is 19.4. The molecule has 1 amide bonds. The molecule has 1 unspecified atom stereocenters. The molecule has 0 aliphatic rings. The van der Waals surface area contributed by atoms with Gasteiger partial charge in [0.1, 0.15) is 11.6 Å². The van der Waals surface area contributed by atoms with Gasteiger partial charge in [0, 0.05) is 32.4 Å². The average molecular weight is 371 g/mol. The van der Waals surface area contributed by atoms with E-state index in [0.717, 1.165) is 16.3 Å². The number of nitrogens with one attached hydrogen (secondary N) is 1. The third-order valence-electron chi connectivity index (χ3n) is 4.15. The van der Waals surface area contributed by atoms with Gasteiger partial charge in [-0.1, -0.05) is 13.0 Å². The number of halogens is 3. The summed E-state index contributed by atoms with van der Waals surface area (Å²) in [6, 6.07) is 4.47. The van der Waals surface area contributed by atoms with Crippen LogP contribution >= 0.6 is 0 Å². The highest BCUT2D eigenvalue weighted by molar-refractivity contribution is 5.96. The Morgan fingerprint density at radius 2 is 2.04 bits per heavy atom. The molecule has 0 saturated heterocycles. The lowest BCUT2D eigenvalue weighted by Gasteiger charge is -2.30. The van der Waals surface area contributed by atoms with Crippen molar-refractivity contribution in [2.75, 3.05) is 6.54 Å². The van der Waals surface area contributed by atoms with E-state index < -0.39 is 36.5 Å². The van der Waals surface area contributed by atoms with Crippen LogP contribution in [0, 0.1) is 0 Å². The van der Waals surface area contributed by atoms with Crippen molar-refractivity contribution in [1.29, 1.82) is 0 Å². The van der Waals surface area contributed by atoms with Gasteiger partial charge in [-0.3, -0.25) is 4.79 Å². The number of carbonyl (C=O) groups is 1. The lowest BCUT2D eigenvalue weighted by molar-refractivity contribution is -0.272. The van der Waals surface area contributed by atoms with E-state index in [1.807, 2.05) is 6.92 Å². The second kappa shape index (κ2) is 7.36. The zero-order valence-corrected chi connectivity index (χ0v) is 14.3. The molecule has 0 fully saturated rings. The molecule has 1 heterocycles. The van der Waals surface area contributed by atoms with Gasteiger partial charge in [-0.05, 0) is 24.1 Å². The fourth-order valence-electron chi connectivity index (χ4n) is 2.58. The van der Waals surface area contributed by atoms with Gasteiger partial charge >= 0.3 is 6.18 Å². The quantitative estimate of drug-likeness (QED) is 0.727. The molecule has 26 heavy (non-hydrogen) atoms. The fraction of sp³-hybridized carbons (Fsp3) is 0.412. The van der Waals surface area contributed by atoms with Crippen LogP contribution in [0.15, 0.2) is 30.6 Å². The predicted molar refractivity (Wildman–Crippen MR) is 87.6 cm³/mol. The Kier molecular flexibility index (Phi) is 5.60. The minimum absolute atomic E-state index is 0.0307. The fourth-order valence-corrected chi connectivity index (χ4v) is 2.58. The zero-order chi connectivity index (χ0) is 19.5. The van der Waals surface area contributed by atoms with Gasteiger partial charge in [-0.15, -0.1) is 0 Å². The summed E-state index contributed by atoms with van der Waals surface area (Å²) in [6.07, 6.45) is -2.71. The molecule has 0 aliphatic heterocycles. The number of nitrogens with zero attached hydrogens (tertiary/aromatic N) is 2. The maximum absolute atomic E-state index is 13.4. The Morgan fingerprint density at radius 1 is 1.35 bits per heavy atom. The Balaban J connectivity index is 2.14. The third kappa shape index (κ3) is 3.82. The second-order valence-electron chi connectivity index (χ2n) is 5.93. The molecule has 1 atom stereocenters. The summed E-state index contributed by atoms with van der Waals surface area (Å²) in [5.74, 6) is -1.55. The Labute approximate surface area is 148 Å². The van der Waals surface area contributed by atoms with E-state index >= 15 is 0 Å². The van der Waals surface area contributed by atoms with E-state index in [1.165, 1.54) is 25.4 Å². The molecule has 0 saturated carbocycles. The molecule has 1 aromatic heterocycles. The highest BCUT2D eigenvalue weighted by Crippen LogP contribution is 2.40. The monoisotopic (exact) mass is 371 g/mol. The Bertz CT molecular complexity index is 789. The third-order valence-corrected chi connectivity index (χ3v) is 4.15. The molecule has 2 aromatic rings. The van der Waals surface area contributed by atoms with Crippen LogP contribution in [-0.2, 0) is 19.1 Å². The number of aliphatic hydroxyl groups is 1. The van der Waals surface area contributed by atoms with Crippen LogP contribution in [0.2, 0.25) is 0 Å². The molecule has 0 bridgehead atoms. The summed E-state index contributed by atoms with van der Waals surface area (Å²) in [6.45, 7) is 1.40. The summed E-state index contributed by atoms with van der Waals surface area (Å²) >= 11 is 0. The summed E-state index contributed by atoms with van der Waals surface area (Å²) in [5.41, 5.74) is -2.43.